The van der Waals surface area contributed by atoms with Crippen LogP contribution >= 0.6 is 0 Å². The predicted octanol–water partition coefficient (Wildman–Crippen LogP) is 8.45. The zero-order chi connectivity index (χ0) is 20.6. The van der Waals surface area contributed by atoms with Gasteiger partial charge in [0.1, 0.15) is 11.2 Å². The Bertz CT molecular complexity index is 1410. The molecule has 1 heteroatoms. The molecule has 6 rings (SSSR count). The Balaban J connectivity index is 1.32. The molecule has 0 saturated heterocycles. The molecule has 0 radical (unpaired) electrons. The van der Waals surface area contributed by atoms with Gasteiger partial charge in [0.25, 0.3) is 0 Å². The second kappa shape index (κ2) is 7.59. The topological polar surface area (TPSA) is 13.1 Å². The predicted molar refractivity (Wildman–Crippen MR) is 131 cm³/mol. The van der Waals surface area contributed by atoms with Crippen LogP contribution in [-0.2, 0) is 0 Å². The lowest BCUT2D eigenvalue weighted by Gasteiger charge is -2.20. The molecule has 4 aromatic rings. The number of fused-ring (bicyclic) bond motifs is 3. The number of hydrogen-bond acceptors (Lipinski definition) is 1. The van der Waals surface area contributed by atoms with Crippen LogP contribution in [0.5, 0.6) is 0 Å². The smallest absolute Gasteiger partial charge is 0.135 e. The Morgan fingerprint density at radius 3 is 2.65 bits per heavy atom. The molecule has 150 valence electrons. The van der Waals surface area contributed by atoms with Crippen molar-refractivity contribution in [3.63, 3.8) is 0 Å². The minimum Gasteiger partial charge on any atom is -0.456 e. The maximum absolute atomic E-state index is 6.01. The summed E-state index contributed by atoms with van der Waals surface area (Å²) >= 11 is 0. The molecular weight excluding hydrogens is 376 g/mol. The number of furan rings is 1. The van der Waals surface area contributed by atoms with Crippen LogP contribution in [0.3, 0.4) is 0 Å². The van der Waals surface area contributed by atoms with E-state index < -0.39 is 0 Å². The molecule has 0 saturated carbocycles. The summed E-state index contributed by atoms with van der Waals surface area (Å²) in [6.07, 6.45) is 17.0. The maximum Gasteiger partial charge on any atom is 0.135 e. The molecule has 1 unspecified atom stereocenters. The minimum absolute atomic E-state index is 0.393. The summed E-state index contributed by atoms with van der Waals surface area (Å²) < 4.78 is 6.01. The van der Waals surface area contributed by atoms with E-state index in [2.05, 4.69) is 91.1 Å². The molecular formula is C30H24O. The van der Waals surface area contributed by atoms with Crippen molar-refractivity contribution in [3.8, 4) is 0 Å². The molecule has 0 aliphatic heterocycles. The van der Waals surface area contributed by atoms with Gasteiger partial charge in [-0.25, -0.2) is 0 Å². The fraction of sp³-hybridized carbons (Fsp3) is 0.133. The third kappa shape index (κ3) is 3.37. The summed E-state index contributed by atoms with van der Waals surface area (Å²) in [5.74, 6) is 0.393. The van der Waals surface area contributed by atoms with Crippen LogP contribution in [-0.4, -0.2) is 0 Å². The van der Waals surface area contributed by atoms with Gasteiger partial charge in [-0.3, -0.25) is 0 Å². The molecule has 1 heterocycles. The van der Waals surface area contributed by atoms with E-state index in [1.807, 2.05) is 12.1 Å². The summed E-state index contributed by atoms with van der Waals surface area (Å²) in [6, 6.07) is 23.9. The van der Waals surface area contributed by atoms with E-state index in [1.54, 1.807) is 0 Å². The van der Waals surface area contributed by atoms with Crippen molar-refractivity contribution in [1.29, 1.82) is 0 Å². The summed E-state index contributed by atoms with van der Waals surface area (Å²) in [6.45, 7) is 0. The molecule has 0 bridgehead atoms. The summed E-state index contributed by atoms with van der Waals surface area (Å²) in [5, 5.41) is 2.38. The molecule has 2 aliphatic carbocycles. The number of benzene rings is 3. The van der Waals surface area contributed by atoms with E-state index in [9.17, 15) is 0 Å². The van der Waals surface area contributed by atoms with E-state index >= 15 is 0 Å². The molecule has 1 atom stereocenters. The highest BCUT2D eigenvalue weighted by molar-refractivity contribution is 6.05. The van der Waals surface area contributed by atoms with Gasteiger partial charge in [-0.2, -0.15) is 0 Å². The van der Waals surface area contributed by atoms with Gasteiger partial charge < -0.3 is 4.42 Å². The van der Waals surface area contributed by atoms with E-state index in [0.717, 1.165) is 30.4 Å². The number of hydrogen-bond donors (Lipinski definition) is 0. The van der Waals surface area contributed by atoms with Crippen molar-refractivity contribution in [1.82, 2.24) is 0 Å². The Kier molecular flexibility index (Phi) is 4.46. The first-order valence-corrected chi connectivity index (χ1v) is 11.1. The van der Waals surface area contributed by atoms with Crippen LogP contribution in [0.2, 0.25) is 0 Å². The van der Waals surface area contributed by atoms with Crippen LogP contribution in [0, 0.1) is 0 Å². The number of para-hydroxylation sites is 1. The molecule has 0 N–H and O–H groups in total. The van der Waals surface area contributed by atoms with Gasteiger partial charge in [0, 0.05) is 16.7 Å². The second-order valence-electron chi connectivity index (χ2n) is 8.46. The van der Waals surface area contributed by atoms with Crippen LogP contribution in [0.1, 0.15) is 41.9 Å². The van der Waals surface area contributed by atoms with Crippen molar-refractivity contribution in [2.45, 2.75) is 25.2 Å². The molecule has 2 aliphatic rings. The fourth-order valence-corrected chi connectivity index (χ4v) is 4.82. The Labute approximate surface area is 182 Å². The minimum atomic E-state index is 0.393. The van der Waals surface area contributed by atoms with Crippen LogP contribution < -0.4 is 0 Å². The van der Waals surface area contributed by atoms with Crippen molar-refractivity contribution >= 4 is 33.1 Å². The van der Waals surface area contributed by atoms with Crippen molar-refractivity contribution < 1.29 is 4.42 Å². The largest absolute Gasteiger partial charge is 0.456 e. The van der Waals surface area contributed by atoms with Gasteiger partial charge in [0.05, 0.1) is 0 Å². The molecule has 0 spiro atoms. The SMILES string of the molecule is C1=CC(c2cccc(C3=CCCC=C3)c2)CC(c2ccc3oc4ccccc4c3c2)=C1. The highest BCUT2D eigenvalue weighted by Gasteiger charge is 2.17. The highest BCUT2D eigenvalue weighted by Crippen LogP contribution is 2.37. The Hall–Kier alpha value is -3.58. The first-order chi connectivity index (χ1) is 15.3. The van der Waals surface area contributed by atoms with Crippen LogP contribution in [0.15, 0.2) is 108 Å². The van der Waals surface area contributed by atoms with Crippen LogP contribution in [0.25, 0.3) is 33.1 Å². The Morgan fingerprint density at radius 2 is 1.71 bits per heavy atom. The Morgan fingerprint density at radius 1 is 0.774 bits per heavy atom. The van der Waals surface area contributed by atoms with E-state index in [4.69, 9.17) is 4.42 Å². The lowest BCUT2D eigenvalue weighted by Crippen LogP contribution is -2.01. The first-order valence-electron chi connectivity index (χ1n) is 11.1. The summed E-state index contributed by atoms with van der Waals surface area (Å²) in [5.41, 5.74) is 8.62. The van der Waals surface area contributed by atoms with E-state index in [-0.39, 0.29) is 0 Å². The van der Waals surface area contributed by atoms with Gasteiger partial charge in [-0.15, -0.1) is 0 Å². The molecule has 0 amide bonds. The standard InChI is InChI=1S/C30H24O/c1-2-8-21(9-3-1)22-10-6-11-23(18-22)24-12-7-13-25(19-24)26-16-17-30-28(20-26)27-14-4-5-15-29(27)31-30/h2,4-18,20,24H,1,3,19H2. The van der Waals surface area contributed by atoms with Crippen molar-refractivity contribution in [2.24, 2.45) is 0 Å². The molecule has 1 aromatic heterocycles. The quantitative estimate of drug-likeness (QED) is 0.336. The summed E-state index contributed by atoms with van der Waals surface area (Å²) in [4.78, 5) is 0. The number of rotatable bonds is 3. The van der Waals surface area contributed by atoms with Gasteiger partial charge >= 0.3 is 0 Å². The molecule has 3 aromatic carbocycles. The van der Waals surface area contributed by atoms with Gasteiger partial charge in [0.15, 0.2) is 0 Å². The molecule has 31 heavy (non-hydrogen) atoms. The van der Waals surface area contributed by atoms with Crippen molar-refractivity contribution in [2.75, 3.05) is 0 Å². The number of allylic oxidation sites excluding steroid dienone is 8. The highest BCUT2D eigenvalue weighted by atomic mass is 16.3. The lowest BCUT2D eigenvalue weighted by molar-refractivity contribution is 0.669. The molecule has 1 nitrogen and oxygen atoms in total. The zero-order valence-electron chi connectivity index (χ0n) is 17.4. The van der Waals surface area contributed by atoms with Crippen LogP contribution in [0.4, 0.5) is 0 Å². The fourth-order valence-electron chi connectivity index (χ4n) is 4.82. The average Bonchev–Trinajstić information content (AvgIpc) is 3.23. The maximum atomic E-state index is 6.01. The monoisotopic (exact) mass is 400 g/mol. The third-order valence-corrected chi connectivity index (χ3v) is 6.47. The normalized spacial score (nSPS) is 18.4. The second-order valence-corrected chi connectivity index (χ2v) is 8.46. The summed E-state index contributed by atoms with van der Waals surface area (Å²) in [7, 11) is 0. The van der Waals surface area contributed by atoms with E-state index in [1.165, 1.54) is 38.6 Å². The average molecular weight is 401 g/mol. The van der Waals surface area contributed by atoms with E-state index in [0.29, 0.717) is 5.92 Å². The lowest BCUT2D eigenvalue weighted by atomic mass is 9.84. The van der Waals surface area contributed by atoms with Gasteiger partial charge in [0.2, 0.25) is 0 Å². The first kappa shape index (κ1) is 18.2. The third-order valence-electron chi connectivity index (χ3n) is 6.47. The van der Waals surface area contributed by atoms with Gasteiger partial charge in [-0.1, -0.05) is 85.0 Å². The molecule has 0 fully saturated rings. The zero-order valence-corrected chi connectivity index (χ0v) is 17.4. The van der Waals surface area contributed by atoms with Gasteiger partial charge in [-0.05, 0) is 65.3 Å². The van der Waals surface area contributed by atoms with Crippen molar-refractivity contribution in [3.05, 3.63) is 120 Å².